The molecule has 0 radical (unpaired) electrons. The molecule has 1 aromatic heterocycles. The fourth-order valence-electron chi connectivity index (χ4n) is 3.11. The van der Waals surface area contributed by atoms with Crippen molar-refractivity contribution >= 4 is 28.4 Å². The van der Waals surface area contributed by atoms with Gasteiger partial charge in [-0.05, 0) is 35.7 Å². The third-order valence-corrected chi connectivity index (χ3v) is 4.67. The Balaban J connectivity index is 1.69. The highest BCUT2D eigenvalue weighted by atomic mass is 35.5. The lowest BCUT2D eigenvalue weighted by Crippen LogP contribution is -2.36. The van der Waals surface area contributed by atoms with E-state index in [2.05, 4.69) is 11.1 Å². The second-order valence-corrected chi connectivity index (χ2v) is 6.27. The highest BCUT2D eigenvalue weighted by Gasteiger charge is 2.24. The number of nitrogens with zero attached hydrogens (tertiary/aromatic N) is 2. The number of halogens is 2. The number of carbonyl (C=O) groups is 1. The lowest BCUT2D eigenvalue weighted by molar-refractivity contribution is 0.0734. The molecule has 0 unspecified atom stereocenters. The summed E-state index contributed by atoms with van der Waals surface area (Å²) >= 11 is 6.19. The minimum atomic E-state index is -0.377. The maximum atomic E-state index is 13.3. The SMILES string of the molecule is O=C(c1cc2ccc(F)cc2nc1Cl)N1CCc2ccccc2C1. The van der Waals surface area contributed by atoms with Crippen LogP contribution in [0, 0.1) is 5.82 Å². The van der Waals surface area contributed by atoms with E-state index in [4.69, 9.17) is 11.6 Å². The normalized spacial score (nSPS) is 13.8. The lowest BCUT2D eigenvalue weighted by Gasteiger charge is -2.29. The molecule has 2 heterocycles. The monoisotopic (exact) mass is 340 g/mol. The molecule has 0 spiro atoms. The third-order valence-electron chi connectivity index (χ3n) is 4.38. The van der Waals surface area contributed by atoms with Gasteiger partial charge >= 0.3 is 0 Å². The number of rotatable bonds is 1. The van der Waals surface area contributed by atoms with Crippen molar-refractivity contribution < 1.29 is 9.18 Å². The molecule has 4 rings (SSSR count). The average molecular weight is 341 g/mol. The van der Waals surface area contributed by atoms with E-state index in [9.17, 15) is 9.18 Å². The zero-order valence-corrected chi connectivity index (χ0v) is 13.6. The largest absolute Gasteiger partial charge is 0.334 e. The van der Waals surface area contributed by atoms with Gasteiger partial charge in [0.2, 0.25) is 0 Å². The summed E-state index contributed by atoms with van der Waals surface area (Å²) < 4.78 is 13.3. The molecule has 0 atom stereocenters. The molecule has 5 heteroatoms. The minimum absolute atomic E-state index is 0.108. The van der Waals surface area contributed by atoms with Crippen LogP contribution in [0.1, 0.15) is 21.5 Å². The molecule has 0 saturated carbocycles. The van der Waals surface area contributed by atoms with Crippen LogP contribution in [0.5, 0.6) is 0 Å². The van der Waals surface area contributed by atoms with Gasteiger partial charge in [-0.3, -0.25) is 4.79 Å². The molecule has 0 N–H and O–H groups in total. The van der Waals surface area contributed by atoms with Gasteiger partial charge in [0.25, 0.3) is 5.91 Å². The van der Waals surface area contributed by atoms with Gasteiger partial charge in [0.15, 0.2) is 0 Å². The summed E-state index contributed by atoms with van der Waals surface area (Å²) in [6, 6.07) is 14.1. The Kier molecular flexibility index (Phi) is 3.69. The van der Waals surface area contributed by atoms with Gasteiger partial charge in [-0.15, -0.1) is 0 Å². The summed E-state index contributed by atoms with van der Waals surface area (Å²) in [5.41, 5.74) is 3.24. The van der Waals surface area contributed by atoms with E-state index in [1.54, 1.807) is 17.0 Å². The van der Waals surface area contributed by atoms with E-state index in [-0.39, 0.29) is 16.9 Å². The van der Waals surface area contributed by atoms with Crippen LogP contribution in [0.25, 0.3) is 10.9 Å². The first kappa shape index (κ1) is 15.1. The smallest absolute Gasteiger partial charge is 0.257 e. The zero-order valence-electron chi connectivity index (χ0n) is 12.8. The van der Waals surface area contributed by atoms with E-state index in [0.29, 0.717) is 29.6 Å². The molecule has 3 nitrogen and oxygen atoms in total. The second-order valence-electron chi connectivity index (χ2n) is 5.91. The Morgan fingerprint density at radius 1 is 1.12 bits per heavy atom. The molecule has 1 aliphatic heterocycles. The number of carbonyl (C=O) groups excluding carboxylic acids is 1. The van der Waals surface area contributed by atoms with E-state index >= 15 is 0 Å². The fourth-order valence-corrected chi connectivity index (χ4v) is 3.33. The summed E-state index contributed by atoms with van der Waals surface area (Å²) in [5.74, 6) is -0.522. The summed E-state index contributed by atoms with van der Waals surface area (Å²) in [7, 11) is 0. The van der Waals surface area contributed by atoms with Gasteiger partial charge < -0.3 is 4.90 Å². The van der Waals surface area contributed by atoms with Gasteiger partial charge in [-0.1, -0.05) is 35.9 Å². The summed E-state index contributed by atoms with van der Waals surface area (Å²) in [5, 5.41) is 0.804. The third kappa shape index (κ3) is 2.63. The molecule has 1 amide bonds. The van der Waals surface area contributed by atoms with Crippen molar-refractivity contribution in [2.45, 2.75) is 13.0 Å². The molecule has 2 aromatic carbocycles. The highest BCUT2D eigenvalue weighted by Crippen LogP contribution is 2.25. The topological polar surface area (TPSA) is 33.2 Å². The fraction of sp³-hybridized carbons (Fsp3) is 0.158. The molecular weight excluding hydrogens is 327 g/mol. The predicted molar refractivity (Wildman–Crippen MR) is 91.6 cm³/mol. The first-order valence-corrected chi connectivity index (χ1v) is 8.11. The number of benzene rings is 2. The quantitative estimate of drug-likeness (QED) is 0.621. The van der Waals surface area contributed by atoms with Gasteiger partial charge in [0.05, 0.1) is 11.1 Å². The number of pyridine rings is 1. The Labute approximate surface area is 143 Å². The molecule has 0 saturated heterocycles. The van der Waals surface area contributed by atoms with Gasteiger partial charge in [0.1, 0.15) is 11.0 Å². The van der Waals surface area contributed by atoms with Crippen molar-refractivity contribution in [2.75, 3.05) is 6.54 Å². The van der Waals surface area contributed by atoms with Crippen molar-refractivity contribution in [2.24, 2.45) is 0 Å². The van der Waals surface area contributed by atoms with Crippen LogP contribution in [-0.4, -0.2) is 22.3 Å². The summed E-state index contributed by atoms with van der Waals surface area (Å²) in [6.45, 7) is 1.21. The predicted octanol–water partition coefficient (Wildman–Crippen LogP) is 4.23. The maximum absolute atomic E-state index is 13.3. The Morgan fingerprint density at radius 2 is 1.92 bits per heavy atom. The van der Waals surface area contributed by atoms with Crippen LogP contribution in [0.3, 0.4) is 0 Å². The maximum Gasteiger partial charge on any atom is 0.257 e. The number of fused-ring (bicyclic) bond motifs is 2. The van der Waals surface area contributed by atoms with E-state index in [0.717, 1.165) is 12.0 Å². The molecule has 0 fully saturated rings. The Bertz CT molecular complexity index is 957. The minimum Gasteiger partial charge on any atom is -0.334 e. The van der Waals surface area contributed by atoms with Crippen molar-refractivity contribution in [3.05, 3.63) is 76.2 Å². The van der Waals surface area contributed by atoms with Crippen LogP contribution in [0.15, 0.2) is 48.5 Å². The van der Waals surface area contributed by atoms with E-state index in [1.165, 1.54) is 17.7 Å². The summed E-state index contributed by atoms with van der Waals surface area (Å²) in [6.07, 6.45) is 0.825. The highest BCUT2D eigenvalue weighted by molar-refractivity contribution is 6.33. The zero-order chi connectivity index (χ0) is 16.7. The van der Waals surface area contributed by atoms with Crippen molar-refractivity contribution in [1.29, 1.82) is 0 Å². The van der Waals surface area contributed by atoms with Crippen molar-refractivity contribution in [3.63, 3.8) is 0 Å². The van der Waals surface area contributed by atoms with Crippen LogP contribution in [-0.2, 0) is 13.0 Å². The molecule has 24 heavy (non-hydrogen) atoms. The lowest BCUT2D eigenvalue weighted by atomic mass is 9.99. The molecule has 1 aliphatic rings. The number of hydrogen-bond donors (Lipinski definition) is 0. The number of hydrogen-bond acceptors (Lipinski definition) is 2. The van der Waals surface area contributed by atoms with Crippen LogP contribution >= 0.6 is 11.6 Å². The second kappa shape index (κ2) is 5.87. The first-order valence-electron chi connectivity index (χ1n) is 7.74. The van der Waals surface area contributed by atoms with Gasteiger partial charge in [-0.25, -0.2) is 9.37 Å². The molecule has 0 aliphatic carbocycles. The Hall–Kier alpha value is -2.46. The number of amides is 1. The molecule has 0 bridgehead atoms. The number of aromatic nitrogens is 1. The van der Waals surface area contributed by atoms with Crippen LogP contribution in [0.4, 0.5) is 4.39 Å². The van der Waals surface area contributed by atoms with Crippen molar-refractivity contribution in [1.82, 2.24) is 9.88 Å². The first-order chi connectivity index (χ1) is 11.6. The van der Waals surface area contributed by atoms with Crippen molar-refractivity contribution in [3.8, 4) is 0 Å². The van der Waals surface area contributed by atoms with Gasteiger partial charge in [0, 0.05) is 24.5 Å². The van der Waals surface area contributed by atoms with E-state index < -0.39 is 0 Å². The molecular formula is C19H14ClFN2O. The van der Waals surface area contributed by atoms with Crippen LogP contribution in [0.2, 0.25) is 5.15 Å². The standard InChI is InChI=1S/C19H14ClFN2O/c20-18-16(9-13-5-6-15(21)10-17(13)22-18)19(24)23-8-7-12-3-1-2-4-14(12)11-23/h1-6,9-10H,7-8,11H2. The summed E-state index contributed by atoms with van der Waals surface area (Å²) in [4.78, 5) is 18.8. The van der Waals surface area contributed by atoms with Crippen LogP contribution < -0.4 is 0 Å². The van der Waals surface area contributed by atoms with E-state index in [1.807, 2.05) is 18.2 Å². The molecule has 120 valence electrons. The average Bonchev–Trinajstić information content (AvgIpc) is 2.60. The van der Waals surface area contributed by atoms with Gasteiger partial charge in [-0.2, -0.15) is 0 Å². The Morgan fingerprint density at radius 3 is 2.75 bits per heavy atom. The molecule has 3 aromatic rings.